The Kier molecular flexibility index (Phi) is 2.75. The average Bonchev–Trinajstić information content (AvgIpc) is 2.06. The number of hydrogen-bond acceptors (Lipinski definition) is 2. The Labute approximate surface area is 83.4 Å². The van der Waals surface area contributed by atoms with Crippen LogP contribution in [0.1, 0.15) is 25.7 Å². The van der Waals surface area contributed by atoms with Crippen LogP contribution in [0, 0.1) is 5.92 Å². The zero-order valence-corrected chi connectivity index (χ0v) is 8.38. The lowest BCUT2D eigenvalue weighted by molar-refractivity contribution is -0.0595. The summed E-state index contributed by atoms with van der Waals surface area (Å²) in [5, 5.41) is 0. The van der Waals surface area contributed by atoms with Crippen LogP contribution in [0.25, 0.3) is 0 Å². The summed E-state index contributed by atoms with van der Waals surface area (Å²) in [5.74, 6) is -1.75. The van der Waals surface area contributed by atoms with Crippen LogP contribution in [0.2, 0.25) is 0 Å². The minimum atomic E-state index is -2.41. The minimum absolute atomic E-state index is 0.0335. The molecule has 0 radical (unpaired) electrons. The number of nitrogens with two attached hydrogens (primary N) is 1. The summed E-state index contributed by atoms with van der Waals surface area (Å²) in [6, 6.07) is 0.367. The molecule has 2 aliphatic rings. The Morgan fingerprint density at radius 2 is 1.79 bits per heavy atom. The van der Waals surface area contributed by atoms with Gasteiger partial charge in [0.15, 0.2) is 0 Å². The van der Waals surface area contributed by atoms with Crippen molar-refractivity contribution in [3.63, 3.8) is 0 Å². The number of hydrogen-bond donors (Lipinski definition) is 1. The van der Waals surface area contributed by atoms with Gasteiger partial charge in [-0.15, -0.1) is 0 Å². The van der Waals surface area contributed by atoms with Crippen molar-refractivity contribution in [1.29, 1.82) is 0 Å². The molecule has 14 heavy (non-hydrogen) atoms. The maximum atomic E-state index is 12.8. The summed E-state index contributed by atoms with van der Waals surface area (Å²) in [5.41, 5.74) is 5.68. The first-order valence-electron chi connectivity index (χ1n) is 5.41. The molecule has 2 fully saturated rings. The third-order valence-corrected chi connectivity index (χ3v) is 3.38. The lowest BCUT2D eigenvalue weighted by Crippen LogP contribution is -2.46. The molecule has 0 atom stereocenters. The first-order valence-corrected chi connectivity index (χ1v) is 5.41. The van der Waals surface area contributed by atoms with Crippen LogP contribution in [0.4, 0.5) is 8.78 Å². The fourth-order valence-corrected chi connectivity index (χ4v) is 2.36. The van der Waals surface area contributed by atoms with Crippen molar-refractivity contribution in [3.05, 3.63) is 0 Å². The Morgan fingerprint density at radius 1 is 1.21 bits per heavy atom. The fourth-order valence-electron chi connectivity index (χ4n) is 2.36. The maximum Gasteiger partial charge on any atom is 0.250 e. The molecule has 4 heteroatoms. The van der Waals surface area contributed by atoms with Crippen molar-refractivity contribution in [3.8, 4) is 0 Å². The third kappa shape index (κ3) is 2.42. The molecule has 1 saturated carbocycles. The molecule has 0 aromatic heterocycles. The van der Waals surface area contributed by atoms with Crippen LogP contribution in [0.3, 0.4) is 0 Å². The van der Waals surface area contributed by atoms with E-state index in [1.54, 1.807) is 0 Å². The molecule has 2 N–H and O–H groups in total. The number of rotatable bonds is 2. The largest absolute Gasteiger partial charge is 0.328 e. The third-order valence-electron chi connectivity index (χ3n) is 3.38. The van der Waals surface area contributed by atoms with Crippen molar-refractivity contribution in [2.45, 2.75) is 37.6 Å². The molecular weight excluding hydrogens is 186 g/mol. The van der Waals surface area contributed by atoms with Crippen molar-refractivity contribution in [1.82, 2.24) is 4.90 Å². The van der Waals surface area contributed by atoms with Crippen LogP contribution in [0.5, 0.6) is 0 Å². The van der Waals surface area contributed by atoms with Gasteiger partial charge in [0.05, 0.1) is 0 Å². The molecule has 2 nitrogen and oxygen atoms in total. The van der Waals surface area contributed by atoms with Gasteiger partial charge in [-0.25, -0.2) is 8.78 Å². The zero-order valence-electron chi connectivity index (χ0n) is 8.38. The standard InChI is InChI=1S/C10H18F2N2/c11-10(12)1-3-14(4-2-10)7-8-5-9(13)6-8/h8-9H,1-7,13H2. The predicted molar refractivity (Wildman–Crippen MR) is 51.3 cm³/mol. The summed E-state index contributed by atoms with van der Waals surface area (Å²) < 4.78 is 25.7. The highest BCUT2D eigenvalue weighted by atomic mass is 19.3. The van der Waals surface area contributed by atoms with Gasteiger partial charge in [-0.1, -0.05) is 0 Å². The number of alkyl halides is 2. The highest BCUT2D eigenvalue weighted by Gasteiger charge is 2.35. The second-order valence-corrected chi connectivity index (χ2v) is 4.75. The lowest BCUT2D eigenvalue weighted by Gasteiger charge is -2.39. The molecule has 1 saturated heterocycles. The van der Waals surface area contributed by atoms with E-state index in [2.05, 4.69) is 4.90 Å². The fraction of sp³-hybridized carbons (Fsp3) is 1.00. The highest BCUT2D eigenvalue weighted by Crippen LogP contribution is 2.31. The van der Waals surface area contributed by atoms with Crippen LogP contribution < -0.4 is 5.73 Å². The Morgan fingerprint density at radius 3 is 2.29 bits per heavy atom. The van der Waals surface area contributed by atoms with Gasteiger partial charge < -0.3 is 10.6 Å². The SMILES string of the molecule is NC1CC(CN2CCC(F)(F)CC2)C1. The Hall–Kier alpha value is -0.220. The van der Waals surface area contributed by atoms with E-state index in [1.165, 1.54) is 0 Å². The van der Waals surface area contributed by atoms with E-state index in [0.717, 1.165) is 19.4 Å². The summed E-state index contributed by atoms with van der Waals surface area (Å²) in [4.78, 5) is 2.16. The van der Waals surface area contributed by atoms with E-state index in [-0.39, 0.29) is 12.8 Å². The van der Waals surface area contributed by atoms with Gasteiger partial charge in [-0.2, -0.15) is 0 Å². The quantitative estimate of drug-likeness (QED) is 0.737. The molecule has 0 amide bonds. The zero-order chi connectivity index (χ0) is 10.2. The normalized spacial score (nSPS) is 37.9. The molecule has 1 aliphatic heterocycles. The van der Waals surface area contributed by atoms with Gasteiger partial charge in [-0.3, -0.25) is 0 Å². The summed E-state index contributed by atoms with van der Waals surface area (Å²) >= 11 is 0. The van der Waals surface area contributed by atoms with Gasteiger partial charge in [0.1, 0.15) is 0 Å². The lowest BCUT2D eigenvalue weighted by atomic mass is 9.80. The first-order chi connectivity index (χ1) is 6.55. The number of halogens is 2. The van der Waals surface area contributed by atoms with E-state index in [9.17, 15) is 8.78 Å². The summed E-state index contributed by atoms with van der Waals surface area (Å²) in [6.07, 6.45) is 2.22. The molecule has 0 aromatic rings. The molecule has 1 heterocycles. The van der Waals surface area contributed by atoms with Crippen LogP contribution in [-0.4, -0.2) is 36.5 Å². The van der Waals surface area contributed by atoms with E-state index >= 15 is 0 Å². The average molecular weight is 204 g/mol. The smallest absolute Gasteiger partial charge is 0.250 e. The molecule has 0 bridgehead atoms. The summed E-state index contributed by atoms with van der Waals surface area (Å²) in [7, 11) is 0. The van der Waals surface area contributed by atoms with Crippen LogP contribution in [-0.2, 0) is 0 Å². The molecule has 0 spiro atoms. The van der Waals surface area contributed by atoms with E-state index in [4.69, 9.17) is 5.73 Å². The molecular formula is C10H18F2N2. The Bertz CT molecular complexity index is 192. The topological polar surface area (TPSA) is 29.3 Å². The van der Waals surface area contributed by atoms with Gasteiger partial charge in [0.25, 0.3) is 5.92 Å². The van der Waals surface area contributed by atoms with Crippen LogP contribution >= 0.6 is 0 Å². The number of piperidine rings is 1. The van der Waals surface area contributed by atoms with Gasteiger partial charge >= 0.3 is 0 Å². The van der Waals surface area contributed by atoms with Crippen molar-refractivity contribution in [2.24, 2.45) is 11.7 Å². The monoisotopic (exact) mass is 204 g/mol. The van der Waals surface area contributed by atoms with E-state index in [0.29, 0.717) is 25.0 Å². The molecule has 0 unspecified atom stereocenters. The van der Waals surface area contributed by atoms with Gasteiger partial charge in [0, 0.05) is 38.5 Å². The van der Waals surface area contributed by atoms with Crippen molar-refractivity contribution in [2.75, 3.05) is 19.6 Å². The van der Waals surface area contributed by atoms with Crippen molar-refractivity contribution >= 4 is 0 Å². The van der Waals surface area contributed by atoms with Gasteiger partial charge in [-0.05, 0) is 18.8 Å². The highest BCUT2D eigenvalue weighted by molar-refractivity contribution is 4.86. The van der Waals surface area contributed by atoms with E-state index < -0.39 is 5.92 Å². The predicted octanol–water partition coefficient (Wildman–Crippen LogP) is 1.45. The Balaban J connectivity index is 1.69. The summed E-state index contributed by atoms with van der Waals surface area (Å²) in [6.45, 7) is 2.08. The number of likely N-dealkylation sites (tertiary alicyclic amines) is 1. The second kappa shape index (κ2) is 3.74. The molecule has 82 valence electrons. The molecule has 1 aliphatic carbocycles. The van der Waals surface area contributed by atoms with Crippen LogP contribution in [0.15, 0.2) is 0 Å². The number of nitrogens with zero attached hydrogens (tertiary/aromatic N) is 1. The van der Waals surface area contributed by atoms with E-state index in [1.807, 2.05) is 0 Å². The van der Waals surface area contributed by atoms with Crippen molar-refractivity contribution < 1.29 is 8.78 Å². The van der Waals surface area contributed by atoms with Gasteiger partial charge in [0.2, 0.25) is 0 Å². The molecule has 2 rings (SSSR count). The minimum Gasteiger partial charge on any atom is -0.328 e. The second-order valence-electron chi connectivity index (χ2n) is 4.75. The maximum absolute atomic E-state index is 12.8. The first kappa shape index (κ1) is 10.3. The molecule has 0 aromatic carbocycles.